The molecule has 2 amide bonds. The monoisotopic (exact) mass is 647 g/mol. The van der Waals surface area contributed by atoms with Gasteiger partial charge in [0.05, 0.1) is 36.5 Å². The standard InChI is InChI=1S/C36H33N5O5S/c1-22-31(21-47-36-37-38-39-40(36)2)45-35(46-32(22)26-12-10-23(20-42)11-13-26)27-16-14-25(15-17-27)28-7-5-6-24(18-28)19-41-33(43)29-8-3-4-9-30(29)34(41)44/h3-18,22,31-32,35,42H,19-21H2,1-2H3. The van der Waals surface area contributed by atoms with Crippen molar-refractivity contribution in [3.05, 3.63) is 130 Å². The molecule has 1 aromatic heterocycles. The van der Waals surface area contributed by atoms with E-state index in [-0.39, 0.29) is 43.1 Å². The molecule has 1 N–H and O–H groups in total. The Morgan fingerprint density at radius 3 is 2.17 bits per heavy atom. The highest BCUT2D eigenvalue weighted by Crippen LogP contribution is 2.43. The Labute approximate surface area is 276 Å². The van der Waals surface area contributed by atoms with Crippen molar-refractivity contribution in [2.24, 2.45) is 13.0 Å². The molecule has 0 bridgehead atoms. The number of carbonyl (C=O) groups excluding carboxylic acids is 2. The lowest BCUT2D eigenvalue weighted by Gasteiger charge is -2.41. The number of carbonyl (C=O) groups is 2. The minimum absolute atomic E-state index is 0.0177. The molecule has 1 fully saturated rings. The maximum absolute atomic E-state index is 12.9. The molecule has 0 saturated carbocycles. The van der Waals surface area contributed by atoms with Crippen molar-refractivity contribution < 1.29 is 24.2 Å². The van der Waals surface area contributed by atoms with Gasteiger partial charge in [-0.05, 0) is 56.4 Å². The molecule has 10 nitrogen and oxygen atoms in total. The van der Waals surface area contributed by atoms with Crippen molar-refractivity contribution in [3.8, 4) is 11.1 Å². The highest BCUT2D eigenvalue weighted by molar-refractivity contribution is 7.99. The highest BCUT2D eigenvalue weighted by Gasteiger charge is 2.39. The summed E-state index contributed by atoms with van der Waals surface area (Å²) < 4.78 is 14.8. The fourth-order valence-corrected chi connectivity index (χ4v) is 7.07. The van der Waals surface area contributed by atoms with Crippen LogP contribution in [0.2, 0.25) is 0 Å². The van der Waals surface area contributed by atoms with Crippen molar-refractivity contribution in [2.45, 2.75) is 43.7 Å². The first kappa shape index (κ1) is 30.9. The largest absolute Gasteiger partial charge is 0.392 e. The van der Waals surface area contributed by atoms with Gasteiger partial charge in [-0.3, -0.25) is 14.5 Å². The maximum atomic E-state index is 12.9. The van der Waals surface area contributed by atoms with Gasteiger partial charge in [0.15, 0.2) is 6.29 Å². The summed E-state index contributed by atoms with van der Waals surface area (Å²) in [5.74, 6) is 0.131. The zero-order valence-corrected chi connectivity index (χ0v) is 26.7. The first-order valence-corrected chi connectivity index (χ1v) is 16.4. The van der Waals surface area contributed by atoms with E-state index in [9.17, 15) is 14.7 Å². The molecule has 2 aliphatic heterocycles. The van der Waals surface area contributed by atoms with Gasteiger partial charge in [0.25, 0.3) is 11.8 Å². The van der Waals surface area contributed by atoms with Gasteiger partial charge in [0.2, 0.25) is 5.16 Å². The van der Waals surface area contributed by atoms with Crippen LogP contribution in [0.25, 0.3) is 11.1 Å². The number of ether oxygens (including phenoxy) is 2. The number of nitrogens with zero attached hydrogens (tertiary/aromatic N) is 5. The summed E-state index contributed by atoms with van der Waals surface area (Å²) in [4.78, 5) is 27.1. The Hall–Kier alpha value is -4.68. The van der Waals surface area contributed by atoms with Gasteiger partial charge in [0, 0.05) is 24.3 Å². The third kappa shape index (κ3) is 6.22. The van der Waals surface area contributed by atoms with E-state index in [1.165, 1.54) is 4.90 Å². The number of aliphatic hydroxyl groups excluding tert-OH is 1. The Balaban J connectivity index is 1.10. The van der Waals surface area contributed by atoms with Crippen molar-refractivity contribution in [2.75, 3.05) is 5.75 Å². The number of fused-ring (bicyclic) bond motifs is 1. The topological polar surface area (TPSA) is 120 Å². The molecular formula is C36H33N5O5S. The molecule has 4 unspecified atom stereocenters. The summed E-state index contributed by atoms with van der Waals surface area (Å²) in [7, 11) is 1.81. The molecule has 47 heavy (non-hydrogen) atoms. The Morgan fingerprint density at radius 1 is 0.809 bits per heavy atom. The number of rotatable bonds is 9. The predicted molar refractivity (Wildman–Crippen MR) is 175 cm³/mol. The molecule has 5 aromatic rings. The molecule has 0 aliphatic carbocycles. The van der Waals surface area contributed by atoms with Crippen LogP contribution in [-0.2, 0) is 29.7 Å². The molecule has 3 heterocycles. The number of hydrogen-bond donors (Lipinski definition) is 1. The number of tetrazole rings is 1. The molecule has 4 atom stereocenters. The van der Waals surface area contributed by atoms with E-state index in [0.29, 0.717) is 22.0 Å². The normalized spacial score (nSPS) is 20.9. The first-order chi connectivity index (χ1) is 22.9. The maximum Gasteiger partial charge on any atom is 0.261 e. The van der Waals surface area contributed by atoms with Crippen molar-refractivity contribution in [3.63, 3.8) is 0 Å². The molecule has 7 rings (SSSR count). The van der Waals surface area contributed by atoms with Gasteiger partial charge < -0.3 is 14.6 Å². The summed E-state index contributed by atoms with van der Waals surface area (Å²) in [6.07, 6.45) is -0.995. The molecule has 2 aliphatic rings. The highest BCUT2D eigenvalue weighted by atomic mass is 32.2. The average molecular weight is 648 g/mol. The van der Waals surface area contributed by atoms with Gasteiger partial charge in [0.1, 0.15) is 0 Å². The van der Waals surface area contributed by atoms with E-state index in [2.05, 4.69) is 22.4 Å². The molecule has 0 radical (unpaired) electrons. The summed E-state index contributed by atoms with van der Waals surface area (Å²) in [5, 5.41) is 22.0. The zero-order chi connectivity index (χ0) is 32.5. The number of thioether (sulfide) groups is 1. The minimum atomic E-state index is -0.605. The molecular weight excluding hydrogens is 614 g/mol. The number of aromatic nitrogens is 4. The van der Waals surface area contributed by atoms with Crippen LogP contribution in [0.5, 0.6) is 0 Å². The molecule has 0 spiro atoms. The van der Waals surface area contributed by atoms with Gasteiger partial charge >= 0.3 is 0 Å². The quantitative estimate of drug-likeness (QED) is 0.158. The summed E-state index contributed by atoms with van der Waals surface area (Å²) in [6.45, 7) is 2.31. The molecule has 4 aromatic carbocycles. The number of aliphatic hydroxyl groups is 1. The second-order valence-electron chi connectivity index (χ2n) is 11.8. The van der Waals surface area contributed by atoms with Gasteiger partial charge in [-0.15, -0.1) is 5.10 Å². The Bertz CT molecular complexity index is 1880. The van der Waals surface area contributed by atoms with Crippen molar-refractivity contribution in [1.82, 2.24) is 25.1 Å². The third-order valence-electron chi connectivity index (χ3n) is 8.74. The number of amides is 2. The molecule has 11 heteroatoms. The lowest BCUT2D eigenvalue weighted by molar-refractivity contribution is -0.268. The lowest BCUT2D eigenvalue weighted by Crippen LogP contribution is -2.38. The van der Waals surface area contributed by atoms with Crippen LogP contribution >= 0.6 is 11.8 Å². The van der Waals surface area contributed by atoms with Crippen LogP contribution in [0.1, 0.15) is 62.3 Å². The number of benzene rings is 4. The summed E-state index contributed by atoms with van der Waals surface area (Å²) in [5.41, 5.74) is 6.46. The first-order valence-electron chi connectivity index (χ1n) is 15.4. The Kier molecular flexibility index (Phi) is 8.70. The second-order valence-corrected chi connectivity index (χ2v) is 12.8. The van der Waals surface area contributed by atoms with E-state index in [1.54, 1.807) is 40.7 Å². The van der Waals surface area contributed by atoms with Crippen LogP contribution in [0.4, 0.5) is 0 Å². The van der Waals surface area contributed by atoms with Crippen molar-refractivity contribution in [1.29, 1.82) is 0 Å². The average Bonchev–Trinajstić information content (AvgIpc) is 3.63. The number of aryl methyl sites for hydroxylation is 1. The van der Waals surface area contributed by atoms with E-state index in [4.69, 9.17) is 9.47 Å². The van der Waals surface area contributed by atoms with Crippen LogP contribution in [0.3, 0.4) is 0 Å². The summed E-state index contributed by atoms with van der Waals surface area (Å²) in [6, 6.07) is 30.7. The SMILES string of the molecule is CC1C(CSc2nnnn2C)OC(c2ccc(-c3cccc(CN4C(=O)c5ccccc5C4=O)c3)cc2)OC1c1ccc(CO)cc1. The lowest BCUT2D eigenvalue weighted by atomic mass is 9.91. The van der Waals surface area contributed by atoms with E-state index in [0.717, 1.165) is 33.4 Å². The van der Waals surface area contributed by atoms with Crippen LogP contribution in [0.15, 0.2) is 102 Å². The smallest absolute Gasteiger partial charge is 0.261 e. The minimum Gasteiger partial charge on any atom is -0.392 e. The van der Waals surface area contributed by atoms with Crippen LogP contribution < -0.4 is 0 Å². The molecule has 238 valence electrons. The number of imide groups is 1. The summed E-state index contributed by atoms with van der Waals surface area (Å²) >= 11 is 1.54. The fraction of sp³-hybridized carbons (Fsp3) is 0.250. The van der Waals surface area contributed by atoms with E-state index < -0.39 is 6.29 Å². The van der Waals surface area contributed by atoms with Gasteiger partial charge in [-0.2, -0.15) is 0 Å². The van der Waals surface area contributed by atoms with Gasteiger partial charge in [-0.1, -0.05) is 97.5 Å². The van der Waals surface area contributed by atoms with Crippen molar-refractivity contribution >= 4 is 23.6 Å². The van der Waals surface area contributed by atoms with Crippen LogP contribution in [0, 0.1) is 5.92 Å². The number of hydrogen-bond acceptors (Lipinski definition) is 9. The van der Waals surface area contributed by atoms with E-state index in [1.807, 2.05) is 79.8 Å². The molecule has 1 saturated heterocycles. The van der Waals surface area contributed by atoms with Gasteiger partial charge in [-0.25, -0.2) is 4.68 Å². The zero-order valence-electron chi connectivity index (χ0n) is 25.9. The fourth-order valence-electron chi connectivity index (χ4n) is 6.06. The van der Waals surface area contributed by atoms with Crippen LogP contribution in [-0.4, -0.2) is 53.9 Å². The predicted octanol–water partition coefficient (Wildman–Crippen LogP) is 5.75. The third-order valence-corrected chi connectivity index (χ3v) is 9.84. The Morgan fingerprint density at radius 2 is 1.51 bits per heavy atom. The van der Waals surface area contributed by atoms with E-state index >= 15 is 0 Å². The second kappa shape index (κ2) is 13.2.